The smallest absolute Gasteiger partial charge is 0.425 e. The van der Waals surface area contributed by atoms with Gasteiger partial charge in [0.1, 0.15) is 5.75 Å². The molecule has 0 aliphatic rings. The molecule has 1 aromatic rings. The molecule has 20 heavy (non-hydrogen) atoms. The maximum Gasteiger partial charge on any atom is 0.425 e. The monoisotopic (exact) mass is 281 g/mol. The number of amides is 3. The second kappa shape index (κ2) is 6.98. The molecular weight excluding hydrogens is 266 g/mol. The third kappa shape index (κ3) is 4.16. The van der Waals surface area contributed by atoms with Crippen LogP contribution in [0.4, 0.5) is 10.5 Å². The lowest BCUT2D eigenvalue weighted by atomic mass is 10.2. The Hall–Kier alpha value is -2.77. The molecule has 0 aromatic heterocycles. The Balaban J connectivity index is 2.66. The van der Waals surface area contributed by atoms with Gasteiger partial charge in [-0.15, -0.1) is 0 Å². The van der Waals surface area contributed by atoms with Gasteiger partial charge in [0.05, 0.1) is 19.9 Å². The van der Waals surface area contributed by atoms with E-state index in [1.165, 1.54) is 7.11 Å². The zero-order chi connectivity index (χ0) is 15.1. The Morgan fingerprint density at radius 3 is 2.35 bits per heavy atom. The highest BCUT2D eigenvalue weighted by molar-refractivity contribution is 6.39. The molecule has 8 heteroatoms. The van der Waals surface area contributed by atoms with E-state index in [0.29, 0.717) is 11.4 Å². The highest BCUT2D eigenvalue weighted by Gasteiger charge is 2.16. The van der Waals surface area contributed by atoms with Gasteiger partial charge in [0.2, 0.25) is 0 Å². The van der Waals surface area contributed by atoms with Crippen LogP contribution < -0.4 is 20.9 Å². The molecule has 0 heterocycles. The first-order chi connectivity index (χ1) is 9.47. The first kappa shape index (κ1) is 15.3. The maximum atomic E-state index is 11.6. The van der Waals surface area contributed by atoms with Crippen LogP contribution in [0, 0.1) is 6.92 Å². The molecule has 1 rings (SSSR count). The van der Waals surface area contributed by atoms with Crippen molar-refractivity contribution in [3.63, 3.8) is 0 Å². The minimum absolute atomic E-state index is 0.344. The summed E-state index contributed by atoms with van der Waals surface area (Å²) in [6.45, 7) is 1.86. The Morgan fingerprint density at radius 1 is 1.05 bits per heavy atom. The molecule has 0 bridgehead atoms. The first-order valence-electron chi connectivity index (χ1n) is 5.58. The van der Waals surface area contributed by atoms with E-state index in [1.54, 1.807) is 18.2 Å². The van der Waals surface area contributed by atoms with Gasteiger partial charge in [-0.2, -0.15) is 0 Å². The summed E-state index contributed by atoms with van der Waals surface area (Å²) >= 11 is 0. The third-order valence-corrected chi connectivity index (χ3v) is 2.27. The number of carbonyl (C=O) groups excluding carboxylic acids is 3. The molecule has 0 saturated heterocycles. The van der Waals surface area contributed by atoms with E-state index in [2.05, 4.69) is 10.1 Å². The number of hydrazine groups is 1. The summed E-state index contributed by atoms with van der Waals surface area (Å²) in [6, 6.07) is 5.07. The molecule has 0 radical (unpaired) electrons. The van der Waals surface area contributed by atoms with E-state index in [1.807, 2.05) is 17.8 Å². The van der Waals surface area contributed by atoms with Crippen LogP contribution in [0.25, 0.3) is 0 Å². The van der Waals surface area contributed by atoms with E-state index < -0.39 is 17.9 Å². The minimum Gasteiger partial charge on any atom is -0.495 e. The molecule has 3 amide bonds. The van der Waals surface area contributed by atoms with Crippen LogP contribution in [-0.4, -0.2) is 32.1 Å². The highest BCUT2D eigenvalue weighted by Crippen LogP contribution is 2.24. The van der Waals surface area contributed by atoms with Crippen molar-refractivity contribution in [2.24, 2.45) is 0 Å². The molecule has 0 aliphatic carbocycles. The van der Waals surface area contributed by atoms with E-state index >= 15 is 0 Å². The molecule has 0 spiro atoms. The molecule has 0 fully saturated rings. The standard InChI is InChI=1S/C12H15N3O5/c1-7-4-5-8(9(6-7)19-2)13-10(16)11(17)14-15-12(18)20-3/h4-6H,1-3H3,(H,13,16)(H,14,17)(H,15,18). The van der Waals surface area contributed by atoms with E-state index in [0.717, 1.165) is 12.7 Å². The number of nitrogens with one attached hydrogen (secondary N) is 3. The van der Waals surface area contributed by atoms with Crippen LogP contribution in [0.2, 0.25) is 0 Å². The molecule has 0 atom stereocenters. The SMILES string of the molecule is COC(=O)NNC(=O)C(=O)Nc1ccc(C)cc1OC. The quantitative estimate of drug-likeness (QED) is 0.535. The van der Waals surface area contributed by atoms with Gasteiger partial charge in [0, 0.05) is 0 Å². The first-order valence-corrected chi connectivity index (χ1v) is 5.58. The van der Waals surface area contributed by atoms with Crippen molar-refractivity contribution in [1.82, 2.24) is 10.9 Å². The Kier molecular flexibility index (Phi) is 5.33. The number of hydrogen-bond acceptors (Lipinski definition) is 5. The molecule has 1 aromatic carbocycles. The van der Waals surface area contributed by atoms with Crippen molar-refractivity contribution in [3.05, 3.63) is 23.8 Å². The molecular formula is C12H15N3O5. The molecule has 0 aliphatic heterocycles. The van der Waals surface area contributed by atoms with E-state index in [4.69, 9.17) is 4.74 Å². The summed E-state index contributed by atoms with van der Waals surface area (Å²) in [5.41, 5.74) is 5.05. The number of methoxy groups -OCH3 is 2. The topological polar surface area (TPSA) is 106 Å². The lowest BCUT2D eigenvalue weighted by molar-refractivity contribution is -0.136. The third-order valence-electron chi connectivity index (χ3n) is 2.27. The molecule has 8 nitrogen and oxygen atoms in total. The van der Waals surface area contributed by atoms with Gasteiger partial charge in [0.15, 0.2) is 0 Å². The Morgan fingerprint density at radius 2 is 1.75 bits per heavy atom. The number of benzene rings is 1. The van der Waals surface area contributed by atoms with Crippen LogP contribution >= 0.6 is 0 Å². The second-order valence-electron chi connectivity index (χ2n) is 3.73. The number of aryl methyl sites for hydroxylation is 1. The van der Waals surface area contributed by atoms with Gasteiger partial charge >= 0.3 is 17.9 Å². The van der Waals surface area contributed by atoms with Crippen LogP contribution in [0.5, 0.6) is 5.75 Å². The number of ether oxygens (including phenoxy) is 2. The van der Waals surface area contributed by atoms with Crippen molar-refractivity contribution >= 4 is 23.6 Å². The fraction of sp³-hybridized carbons (Fsp3) is 0.250. The molecule has 108 valence electrons. The zero-order valence-corrected chi connectivity index (χ0v) is 11.3. The Bertz CT molecular complexity index is 530. The van der Waals surface area contributed by atoms with Crippen molar-refractivity contribution in [3.8, 4) is 5.75 Å². The zero-order valence-electron chi connectivity index (χ0n) is 11.3. The summed E-state index contributed by atoms with van der Waals surface area (Å²) in [4.78, 5) is 33.7. The lowest BCUT2D eigenvalue weighted by Crippen LogP contribution is -2.46. The number of rotatable bonds is 2. The van der Waals surface area contributed by atoms with Crippen LogP contribution in [0.1, 0.15) is 5.56 Å². The summed E-state index contributed by atoms with van der Waals surface area (Å²) < 4.78 is 9.32. The van der Waals surface area contributed by atoms with Crippen LogP contribution in [-0.2, 0) is 14.3 Å². The number of anilines is 1. The van der Waals surface area contributed by atoms with E-state index in [9.17, 15) is 14.4 Å². The second-order valence-corrected chi connectivity index (χ2v) is 3.73. The molecule has 0 unspecified atom stereocenters. The average Bonchev–Trinajstić information content (AvgIpc) is 2.45. The van der Waals surface area contributed by atoms with Crippen molar-refractivity contribution in [2.75, 3.05) is 19.5 Å². The normalized spacial score (nSPS) is 9.35. The maximum absolute atomic E-state index is 11.6. The summed E-state index contributed by atoms with van der Waals surface area (Å²) in [6.07, 6.45) is -0.890. The summed E-state index contributed by atoms with van der Waals surface area (Å²) in [5, 5.41) is 2.36. The van der Waals surface area contributed by atoms with E-state index in [-0.39, 0.29) is 0 Å². The van der Waals surface area contributed by atoms with Crippen LogP contribution in [0.3, 0.4) is 0 Å². The lowest BCUT2D eigenvalue weighted by Gasteiger charge is -2.11. The molecule has 0 saturated carbocycles. The van der Waals surface area contributed by atoms with Gasteiger partial charge in [-0.25, -0.2) is 10.2 Å². The fourth-order valence-corrected chi connectivity index (χ4v) is 1.30. The molecule has 3 N–H and O–H groups in total. The summed E-state index contributed by atoms with van der Waals surface area (Å²) in [5.74, 6) is -1.58. The predicted molar refractivity (Wildman–Crippen MR) is 70.0 cm³/mol. The van der Waals surface area contributed by atoms with Crippen molar-refractivity contribution in [2.45, 2.75) is 6.92 Å². The van der Waals surface area contributed by atoms with Crippen molar-refractivity contribution in [1.29, 1.82) is 0 Å². The van der Waals surface area contributed by atoms with Gasteiger partial charge in [0.25, 0.3) is 0 Å². The number of carbonyl (C=O) groups is 3. The van der Waals surface area contributed by atoms with Gasteiger partial charge in [-0.05, 0) is 24.6 Å². The minimum atomic E-state index is -1.04. The van der Waals surface area contributed by atoms with Crippen molar-refractivity contribution < 1.29 is 23.9 Å². The number of hydrogen-bond donors (Lipinski definition) is 3. The Labute approximate surface area is 115 Å². The fourth-order valence-electron chi connectivity index (χ4n) is 1.30. The summed E-state index contributed by atoms with van der Waals surface area (Å²) in [7, 11) is 2.57. The average molecular weight is 281 g/mol. The largest absolute Gasteiger partial charge is 0.495 e. The van der Waals surface area contributed by atoms with Crippen LogP contribution in [0.15, 0.2) is 18.2 Å². The highest BCUT2D eigenvalue weighted by atomic mass is 16.5. The van der Waals surface area contributed by atoms with Gasteiger partial charge in [-0.1, -0.05) is 6.07 Å². The van der Waals surface area contributed by atoms with Gasteiger partial charge < -0.3 is 14.8 Å². The predicted octanol–water partition coefficient (Wildman–Crippen LogP) is 0.329. The van der Waals surface area contributed by atoms with Gasteiger partial charge in [-0.3, -0.25) is 15.0 Å².